The highest BCUT2D eigenvalue weighted by atomic mass is 127. The Balaban J connectivity index is 0.00000676. The lowest BCUT2D eigenvalue weighted by Crippen LogP contribution is -2.39. The minimum absolute atomic E-state index is 0. The molecule has 7 nitrogen and oxygen atoms in total. The monoisotopic (exact) mass is 512 g/mol. The van der Waals surface area contributed by atoms with E-state index in [9.17, 15) is 8.42 Å². The predicted octanol–water partition coefficient (Wildman–Crippen LogP) is 2.33. The topological polar surface area (TPSA) is 91.8 Å². The Morgan fingerprint density at radius 3 is 2.52 bits per heavy atom. The van der Waals surface area contributed by atoms with Crippen molar-refractivity contribution in [1.82, 2.24) is 15.4 Å². The largest absolute Gasteiger partial charge is 0.383 e. The molecule has 0 heterocycles. The maximum Gasteiger partial charge on any atom is 0.240 e. The highest BCUT2D eigenvalue weighted by Gasteiger charge is 2.13. The molecule has 0 atom stereocenters. The quantitative estimate of drug-likeness (QED) is 0.183. The van der Waals surface area contributed by atoms with E-state index in [1.54, 1.807) is 25.2 Å². The number of rotatable bonds is 11. The summed E-state index contributed by atoms with van der Waals surface area (Å²) in [5.41, 5.74) is 0.866. The van der Waals surface area contributed by atoms with Crippen LogP contribution in [0.3, 0.4) is 0 Å². The first kappa shape index (κ1) is 26.1. The summed E-state index contributed by atoms with van der Waals surface area (Å²) in [5.74, 6) is 1.32. The molecule has 3 N–H and O–H groups in total. The Labute approximate surface area is 180 Å². The lowest BCUT2D eigenvalue weighted by molar-refractivity contribution is 0.204. The van der Waals surface area contributed by atoms with Gasteiger partial charge in [-0.3, -0.25) is 4.99 Å². The molecular weight excluding hydrogens is 479 g/mol. The summed E-state index contributed by atoms with van der Waals surface area (Å²) in [5, 5.41) is 6.54. The molecule has 9 heteroatoms. The lowest BCUT2D eigenvalue weighted by Gasteiger charge is -2.17. The van der Waals surface area contributed by atoms with Gasteiger partial charge in [-0.05, 0) is 23.6 Å². The summed E-state index contributed by atoms with van der Waals surface area (Å²) < 4.78 is 31.9. The van der Waals surface area contributed by atoms with Gasteiger partial charge in [-0.25, -0.2) is 13.1 Å². The van der Waals surface area contributed by atoms with E-state index in [2.05, 4.69) is 34.2 Å². The van der Waals surface area contributed by atoms with Gasteiger partial charge >= 0.3 is 0 Å². The van der Waals surface area contributed by atoms with Gasteiger partial charge < -0.3 is 15.4 Å². The maximum absolute atomic E-state index is 12.3. The molecule has 0 spiro atoms. The number of nitrogens with one attached hydrogen (secondary N) is 3. The van der Waals surface area contributed by atoms with Crippen molar-refractivity contribution in [2.75, 3.05) is 33.9 Å². The average Bonchev–Trinajstić information content (AvgIpc) is 2.65. The van der Waals surface area contributed by atoms with E-state index in [-0.39, 0.29) is 35.4 Å². The molecule has 0 saturated carbocycles. The zero-order valence-electron chi connectivity index (χ0n) is 16.6. The minimum atomic E-state index is -3.53. The molecule has 0 aliphatic rings. The van der Waals surface area contributed by atoms with Crippen LogP contribution in [0, 0.1) is 5.92 Å². The Morgan fingerprint density at radius 2 is 1.93 bits per heavy atom. The van der Waals surface area contributed by atoms with Crippen LogP contribution in [-0.2, 0) is 21.3 Å². The molecule has 1 aromatic carbocycles. The summed E-state index contributed by atoms with van der Waals surface area (Å²) >= 11 is 0. The van der Waals surface area contributed by atoms with Gasteiger partial charge in [0.1, 0.15) is 0 Å². The molecule has 0 saturated heterocycles. The van der Waals surface area contributed by atoms with Crippen LogP contribution >= 0.6 is 24.0 Å². The van der Waals surface area contributed by atoms with Gasteiger partial charge in [0, 0.05) is 33.8 Å². The third-order valence-corrected chi connectivity index (χ3v) is 5.66. The fourth-order valence-electron chi connectivity index (χ4n) is 2.41. The van der Waals surface area contributed by atoms with Gasteiger partial charge in [-0.2, -0.15) is 0 Å². The number of halogens is 1. The first-order valence-electron chi connectivity index (χ1n) is 8.98. The van der Waals surface area contributed by atoms with Crippen LogP contribution < -0.4 is 15.4 Å². The molecule has 0 aliphatic heterocycles. The van der Waals surface area contributed by atoms with Crippen molar-refractivity contribution in [2.45, 2.75) is 38.1 Å². The maximum atomic E-state index is 12.3. The van der Waals surface area contributed by atoms with E-state index >= 15 is 0 Å². The summed E-state index contributed by atoms with van der Waals surface area (Å²) in [4.78, 5) is 4.46. The van der Waals surface area contributed by atoms with Crippen molar-refractivity contribution in [3.63, 3.8) is 0 Å². The summed E-state index contributed by atoms with van der Waals surface area (Å²) in [6.45, 7) is 6.29. The lowest BCUT2D eigenvalue weighted by atomic mass is 10.0. The van der Waals surface area contributed by atoms with Crippen LogP contribution in [0.4, 0.5) is 0 Å². The molecule has 0 aliphatic carbocycles. The third-order valence-electron chi connectivity index (χ3n) is 4.20. The van der Waals surface area contributed by atoms with E-state index in [0.29, 0.717) is 25.0 Å². The van der Waals surface area contributed by atoms with Gasteiger partial charge in [0.15, 0.2) is 5.96 Å². The first-order chi connectivity index (χ1) is 12.5. The minimum Gasteiger partial charge on any atom is -0.383 e. The molecule has 0 fully saturated rings. The van der Waals surface area contributed by atoms with Gasteiger partial charge in [-0.15, -0.1) is 24.0 Å². The number of methoxy groups -OCH3 is 1. The van der Waals surface area contributed by atoms with Crippen molar-refractivity contribution >= 4 is 40.0 Å². The number of hydrogen-bond acceptors (Lipinski definition) is 4. The van der Waals surface area contributed by atoms with Gasteiger partial charge in [0.25, 0.3) is 0 Å². The van der Waals surface area contributed by atoms with Gasteiger partial charge in [0.05, 0.1) is 11.5 Å². The smallest absolute Gasteiger partial charge is 0.240 e. The SMILES string of the molecule is CCC(CC)CNC(=NC)NCc1cccc(S(=O)(=O)NCCOC)c1.I. The molecule has 0 radical (unpaired) electrons. The van der Waals surface area contributed by atoms with Gasteiger partial charge in [-0.1, -0.05) is 38.8 Å². The van der Waals surface area contributed by atoms with Crippen LogP contribution in [0.15, 0.2) is 34.2 Å². The average molecular weight is 512 g/mol. The van der Waals surface area contributed by atoms with Crippen molar-refractivity contribution in [3.8, 4) is 0 Å². The second-order valence-corrected chi connectivity index (χ2v) is 7.79. The zero-order chi connectivity index (χ0) is 19.4. The number of benzene rings is 1. The fourth-order valence-corrected chi connectivity index (χ4v) is 3.49. The number of hydrogen-bond donors (Lipinski definition) is 3. The van der Waals surface area contributed by atoms with Crippen LogP contribution in [0.2, 0.25) is 0 Å². The summed E-state index contributed by atoms with van der Waals surface area (Å²) in [6, 6.07) is 6.87. The van der Waals surface area contributed by atoms with Crippen LogP contribution in [0.1, 0.15) is 32.3 Å². The van der Waals surface area contributed by atoms with Crippen LogP contribution in [0.5, 0.6) is 0 Å². The van der Waals surface area contributed by atoms with E-state index in [1.165, 1.54) is 7.11 Å². The van der Waals surface area contributed by atoms with Crippen molar-refractivity contribution in [2.24, 2.45) is 10.9 Å². The highest BCUT2D eigenvalue weighted by Crippen LogP contribution is 2.11. The standard InChI is InChI=1S/C18H32N4O3S.HI/c1-5-15(6-2)13-20-18(19-3)21-14-16-8-7-9-17(12-16)26(23,24)22-10-11-25-4;/h7-9,12,15,22H,5-6,10-11,13-14H2,1-4H3,(H2,19,20,21);1H. The van der Waals surface area contributed by atoms with Gasteiger partial charge in [0.2, 0.25) is 10.0 Å². The number of ether oxygens (including phenoxy) is 1. The van der Waals surface area contributed by atoms with E-state index < -0.39 is 10.0 Å². The third kappa shape index (κ3) is 9.72. The first-order valence-corrected chi connectivity index (χ1v) is 10.5. The number of guanidine groups is 1. The van der Waals surface area contributed by atoms with E-state index in [0.717, 1.165) is 24.9 Å². The summed E-state index contributed by atoms with van der Waals surface area (Å²) in [6.07, 6.45) is 2.24. The van der Waals surface area contributed by atoms with E-state index in [4.69, 9.17) is 4.74 Å². The summed E-state index contributed by atoms with van der Waals surface area (Å²) in [7, 11) is -0.274. The molecule has 156 valence electrons. The Kier molecular flexibility index (Phi) is 13.7. The van der Waals surface area contributed by atoms with Crippen LogP contribution in [-0.4, -0.2) is 48.2 Å². The molecule has 1 aromatic rings. The van der Waals surface area contributed by atoms with Crippen molar-refractivity contribution < 1.29 is 13.2 Å². The second kappa shape index (κ2) is 14.1. The predicted molar refractivity (Wildman–Crippen MR) is 121 cm³/mol. The second-order valence-electron chi connectivity index (χ2n) is 6.03. The number of sulfonamides is 1. The van der Waals surface area contributed by atoms with Crippen LogP contribution in [0.25, 0.3) is 0 Å². The number of aliphatic imine (C=N–C) groups is 1. The normalized spacial score (nSPS) is 12.0. The van der Waals surface area contributed by atoms with Crippen molar-refractivity contribution in [1.29, 1.82) is 0 Å². The molecule has 1 rings (SSSR count). The number of nitrogens with zero attached hydrogens (tertiary/aromatic N) is 1. The molecule has 0 bridgehead atoms. The van der Waals surface area contributed by atoms with E-state index in [1.807, 2.05) is 6.07 Å². The molecular formula is C18H33IN4O3S. The van der Waals surface area contributed by atoms with Crippen molar-refractivity contribution in [3.05, 3.63) is 29.8 Å². The molecule has 0 unspecified atom stereocenters. The Bertz CT molecular complexity index is 664. The molecule has 0 amide bonds. The zero-order valence-corrected chi connectivity index (χ0v) is 19.8. The highest BCUT2D eigenvalue weighted by molar-refractivity contribution is 14.0. The molecule has 0 aromatic heterocycles. The fraction of sp³-hybridized carbons (Fsp3) is 0.611. The molecule has 27 heavy (non-hydrogen) atoms. The Hall–Kier alpha value is -0.910. The Morgan fingerprint density at radius 1 is 1.22 bits per heavy atom.